The Morgan fingerprint density at radius 3 is 2.75 bits per heavy atom. The molecule has 2 aromatic rings. The number of pyridine rings is 1. The molecular weight excluding hydrogens is 278 g/mol. The summed E-state index contributed by atoms with van der Waals surface area (Å²) in [5.41, 5.74) is 0.481. The highest BCUT2D eigenvalue weighted by atomic mass is 32.2. The number of sulfone groups is 1. The van der Waals surface area contributed by atoms with Crippen molar-refractivity contribution in [3.63, 3.8) is 0 Å². The lowest BCUT2D eigenvalue weighted by atomic mass is 10.2. The van der Waals surface area contributed by atoms with Crippen LogP contribution in [0.2, 0.25) is 0 Å². The Labute approximate surface area is 116 Å². The third kappa shape index (κ3) is 2.04. The summed E-state index contributed by atoms with van der Waals surface area (Å²) in [5, 5.41) is 9.71. The Kier molecular flexibility index (Phi) is 2.94. The number of phenolic OH excluding ortho intramolecular Hbond substituents is 1. The van der Waals surface area contributed by atoms with E-state index < -0.39 is 9.84 Å². The van der Waals surface area contributed by atoms with Gasteiger partial charge >= 0.3 is 0 Å². The van der Waals surface area contributed by atoms with Gasteiger partial charge in [0.05, 0.1) is 11.1 Å². The summed E-state index contributed by atoms with van der Waals surface area (Å²) in [6.45, 7) is -0.0951. The summed E-state index contributed by atoms with van der Waals surface area (Å²) in [6, 6.07) is 8.00. The minimum atomic E-state index is -3.68. The second-order valence-electron chi connectivity index (χ2n) is 4.29. The van der Waals surface area contributed by atoms with Gasteiger partial charge in [0.1, 0.15) is 23.0 Å². The van der Waals surface area contributed by atoms with Gasteiger partial charge in [0.15, 0.2) is 0 Å². The first-order valence-electron chi connectivity index (χ1n) is 5.89. The van der Waals surface area contributed by atoms with Crippen LogP contribution in [-0.2, 0) is 9.84 Å². The second-order valence-corrected chi connectivity index (χ2v) is 6.23. The van der Waals surface area contributed by atoms with E-state index in [1.807, 2.05) is 0 Å². The fourth-order valence-corrected chi connectivity index (χ4v) is 3.58. The van der Waals surface area contributed by atoms with Gasteiger partial charge in [-0.15, -0.1) is 0 Å². The molecule has 5 nitrogen and oxygen atoms in total. The molecule has 0 radical (unpaired) electrons. The van der Waals surface area contributed by atoms with Crippen LogP contribution < -0.4 is 4.74 Å². The number of aromatic nitrogens is 1. The fraction of sp³-hybridized carbons (Fsp3) is 0.0714. The molecule has 0 amide bonds. The zero-order valence-corrected chi connectivity index (χ0v) is 11.2. The highest BCUT2D eigenvalue weighted by Gasteiger charge is 2.32. The zero-order chi connectivity index (χ0) is 14.2. The Balaban J connectivity index is 1.89. The molecule has 102 valence electrons. The summed E-state index contributed by atoms with van der Waals surface area (Å²) in [7, 11) is -3.68. The Bertz CT molecular complexity index is 782. The van der Waals surface area contributed by atoms with Gasteiger partial charge in [-0.25, -0.2) is 8.42 Å². The molecule has 0 fully saturated rings. The van der Waals surface area contributed by atoms with Crippen LogP contribution >= 0.6 is 0 Å². The Hall–Kier alpha value is -2.34. The SMILES string of the molecule is O=S1(=O)C(COc2cccnc2)=Cc2cccc(O)c21. The molecule has 1 aromatic carbocycles. The van der Waals surface area contributed by atoms with Gasteiger partial charge in [-0.2, -0.15) is 0 Å². The van der Waals surface area contributed by atoms with Crippen LogP contribution in [0.1, 0.15) is 5.56 Å². The summed E-state index contributed by atoms with van der Waals surface area (Å²) in [6.07, 6.45) is 4.62. The first kappa shape index (κ1) is 12.7. The first-order chi connectivity index (χ1) is 9.59. The molecule has 0 spiro atoms. The van der Waals surface area contributed by atoms with Gasteiger partial charge in [-0.3, -0.25) is 4.98 Å². The van der Waals surface area contributed by atoms with E-state index in [0.717, 1.165) is 0 Å². The molecule has 0 saturated carbocycles. The number of ether oxygens (including phenoxy) is 1. The predicted octanol–water partition coefficient (Wildman–Crippen LogP) is 1.99. The molecule has 1 aromatic heterocycles. The van der Waals surface area contributed by atoms with Crippen molar-refractivity contribution < 1.29 is 18.3 Å². The second kappa shape index (κ2) is 4.64. The number of hydrogen-bond donors (Lipinski definition) is 1. The van der Waals surface area contributed by atoms with Crippen LogP contribution in [0, 0.1) is 0 Å². The third-order valence-electron chi connectivity index (χ3n) is 2.97. The highest BCUT2D eigenvalue weighted by molar-refractivity contribution is 7.96. The molecule has 3 rings (SSSR count). The van der Waals surface area contributed by atoms with Crippen molar-refractivity contribution in [2.24, 2.45) is 0 Å². The molecule has 1 aliphatic rings. The Morgan fingerprint density at radius 2 is 2.05 bits per heavy atom. The quantitative estimate of drug-likeness (QED) is 0.935. The number of rotatable bonds is 3. The lowest BCUT2D eigenvalue weighted by Crippen LogP contribution is -2.09. The van der Waals surface area contributed by atoms with Crippen molar-refractivity contribution in [2.75, 3.05) is 6.61 Å². The van der Waals surface area contributed by atoms with Crippen molar-refractivity contribution >= 4 is 15.9 Å². The molecule has 20 heavy (non-hydrogen) atoms. The molecule has 1 N–H and O–H groups in total. The van der Waals surface area contributed by atoms with Gasteiger partial charge in [0.25, 0.3) is 0 Å². The van der Waals surface area contributed by atoms with Crippen LogP contribution in [-0.4, -0.2) is 25.1 Å². The molecule has 0 unspecified atom stereocenters. The maximum absolute atomic E-state index is 12.3. The van der Waals surface area contributed by atoms with E-state index in [-0.39, 0.29) is 22.2 Å². The van der Waals surface area contributed by atoms with Gasteiger partial charge in [0, 0.05) is 6.20 Å². The molecule has 2 heterocycles. The van der Waals surface area contributed by atoms with Crippen molar-refractivity contribution in [2.45, 2.75) is 4.90 Å². The largest absolute Gasteiger partial charge is 0.507 e. The average Bonchev–Trinajstić information content (AvgIpc) is 2.70. The predicted molar refractivity (Wildman–Crippen MR) is 73.0 cm³/mol. The van der Waals surface area contributed by atoms with E-state index >= 15 is 0 Å². The lowest BCUT2D eigenvalue weighted by molar-refractivity contribution is 0.357. The van der Waals surface area contributed by atoms with E-state index in [1.165, 1.54) is 18.3 Å². The van der Waals surface area contributed by atoms with E-state index in [0.29, 0.717) is 11.3 Å². The summed E-state index contributed by atoms with van der Waals surface area (Å²) in [4.78, 5) is 3.96. The van der Waals surface area contributed by atoms with E-state index in [1.54, 1.807) is 30.5 Å². The van der Waals surface area contributed by atoms with E-state index in [9.17, 15) is 13.5 Å². The minimum absolute atomic E-state index is 0.0511. The lowest BCUT2D eigenvalue weighted by Gasteiger charge is -2.07. The van der Waals surface area contributed by atoms with Crippen LogP contribution in [0.3, 0.4) is 0 Å². The highest BCUT2D eigenvalue weighted by Crippen LogP contribution is 2.38. The molecule has 1 aliphatic heterocycles. The number of aromatic hydroxyl groups is 1. The zero-order valence-electron chi connectivity index (χ0n) is 10.4. The number of fused-ring (bicyclic) bond motifs is 1. The molecule has 0 aliphatic carbocycles. The standard InChI is InChI=1S/C14H11NO4S/c16-13-5-1-3-10-7-12(20(17,18)14(10)13)9-19-11-4-2-6-15-8-11/h1-8,16H,9H2. The van der Waals surface area contributed by atoms with Crippen molar-refractivity contribution in [1.29, 1.82) is 0 Å². The maximum Gasteiger partial charge on any atom is 0.210 e. The summed E-state index contributed by atoms with van der Waals surface area (Å²) < 4.78 is 30.0. The number of nitrogens with zero attached hydrogens (tertiary/aromatic N) is 1. The average molecular weight is 289 g/mol. The van der Waals surface area contributed by atoms with Crippen LogP contribution in [0.25, 0.3) is 6.08 Å². The first-order valence-corrected chi connectivity index (χ1v) is 7.38. The monoisotopic (exact) mass is 289 g/mol. The third-order valence-corrected chi connectivity index (χ3v) is 4.88. The number of hydrogen-bond acceptors (Lipinski definition) is 5. The topological polar surface area (TPSA) is 76.5 Å². The van der Waals surface area contributed by atoms with Gasteiger partial charge < -0.3 is 9.84 Å². The van der Waals surface area contributed by atoms with Crippen molar-refractivity contribution in [3.05, 3.63) is 53.2 Å². The molecule has 0 bridgehead atoms. The number of benzene rings is 1. The van der Waals surface area contributed by atoms with Crippen LogP contribution in [0.5, 0.6) is 11.5 Å². The van der Waals surface area contributed by atoms with Gasteiger partial charge in [0.2, 0.25) is 9.84 Å². The normalized spacial score (nSPS) is 15.5. The van der Waals surface area contributed by atoms with Crippen molar-refractivity contribution in [3.8, 4) is 11.5 Å². The van der Waals surface area contributed by atoms with Crippen LogP contribution in [0.4, 0.5) is 0 Å². The molecular formula is C14H11NO4S. The number of phenols is 1. The summed E-state index contributed by atoms with van der Waals surface area (Å²) in [5.74, 6) is 0.249. The Morgan fingerprint density at radius 1 is 1.20 bits per heavy atom. The molecule has 0 atom stereocenters. The van der Waals surface area contributed by atoms with Crippen LogP contribution in [0.15, 0.2) is 52.5 Å². The van der Waals surface area contributed by atoms with E-state index in [2.05, 4.69) is 4.98 Å². The van der Waals surface area contributed by atoms with Gasteiger partial charge in [-0.1, -0.05) is 12.1 Å². The molecule has 6 heteroatoms. The van der Waals surface area contributed by atoms with Gasteiger partial charge in [-0.05, 0) is 29.8 Å². The van der Waals surface area contributed by atoms with E-state index in [4.69, 9.17) is 4.74 Å². The maximum atomic E-state index is 12.3. The fourth-order valence-electron chi connectivity index (χ4n) is 2.04. The smallest absolute Gasteiger partial charge is 0.210 e. The molecule has 0 saturated heterocycles. The summed E-state index contributed by atoms with van der Waals surface area (Å²) >= 11 is 0. The minimum Gasteiger partial charge on any atom is -0.507 e. The van der Waals surface area contributed by atoms with Crippen molar-refractivity contribution in [1.82, 2.24) is 4.98 Å².